The SMILES string of the molecule is CC[C@H](NC(=O)c1cc2ccccc2cc1OC)c1ccc(OC)c(OC)c1. The molecule has 0 saturated heterocycles. The summed E-state index contributed by atoms with van der Waals surface area (Å²) in [6.07, 6.45) is 0.733. The fraction of sp³-hybridized carbons (Fsp3) is 0.261. The summed E-state index contributed by atoms with van der Waals surface area (Å²) in [5, 5.41) is 5.14. The molecule has 3 rings (SSSR count). The molecule has 0 aromatic heterocycles. The van der Waals surface area contributed by atoms with E-state index in [1.165, 1.54) is 0 Å². The number of methoxy groups -OCH3 is 3. The van der Waals surface area contributed by atoms with E-state index in [0.29, 0.717) is 22.8 Å². The molecule has 0 aliphatic rings. The minimum Gasteiger partial charge on any atom is -0.496 e. The minimum atomic E-state index is -0.177. The summed E-state index contributed by atoms with van der Waals surface area (Å²) in [4.78, 5) is 13.0. The summed E-state index contributed by atoms with van der Waals surface area (Å²) < 4.78 is 16.2. The fourth-order valence-electron chi connectivity index (χ4n) is 3.29. The van der Waals surface area contributed by atoms with Gasteiger partial charge in [-0.3, -0.25) is 4.79 Å². The first kappa shape index (κ1) is 19.5. The number of amides is 1. The van der Waals surface area contributed by atoms with Crippen molar-refractivity contribution in [2.45, 2.75) is 19.4 Å². The van der Waals surface area contributed by atoms with Crippen LogP contribution >= 0.6 is 0 Å². The van der Waals surface area contributed by atoms with E-state index in [0.717, 1.165) is 22.8 Å². The van der Waals surface area contributed by atoms with Gasteiger partial charge >= 0.3 is 0 Å². The van der Waals surface area contributed by atoms with Crippen molar-refractivity contribution in [3.05, 3.63) is 65.7 Å². The van der Waals surface area contributed by atoms with E-state index in [9.17, 15) is 4.79 Å². The normalized spacial score (nSPS) is 11.7. The standard InChI is InChI=1S/C23H25NO4/c1-5-19(17-10-11-20(26-2)22(14-17)28-4)24-23(25)18-12-15-8-6-7-9-16(15)13-21(18)27-3/h6-14,19H,5H2,1-4H3,(H,24,25)/t19-/m0/s1. The molecule has 1 atom stereocenters. The van der Waals surface area contributed by atoms with Crippen LogP contribution in [0.3, 0.4) is 0 Å². The summed E-state index contributed by atoms with van der Waals surface area (Å²) in [6, 6.07) is 17.2. The van der Waals surface area contributed by atoms with Crippen LogP contribution in [0.25, 0.3) is 10.8 Å². The number of carbonyl (C=O) groups is 1. The summed E-state index contributed by atoms with van der Waals surface area (Å²) in [6.45, 7) is 2.03. The molecule has 0 bridgehead atoms. The molecule has 28 heavy (non-hydrogen) atoms. The quantitative estimate of drug-likeness (QED) is 0.644. The highest BCUT2D eigenvalue weighted by molar-refractivity contribution is 6.01. The van der Waals surface area contributed by atoms with E-state index in [1.807, 2.05) is 61.5 Å². The van der Waals surface area contributed by atoms with Crippen LogP contribution < -0.4 is 19.5 Å². The molecule has 3 aromatic rings. The maximum Gasteiger partial charge on any atom is 0.255 e. The first-order valence-corrected chi connectivity index (χ1v) is 9.20. The van der Waals surface area contributed by atoms with E-state index < -0.39 is 0 Å². The first-order valence-electron chi connectivity index (χ1n) is 9.20. The van der Waals surface area contributed by atoms with Gasteiger partial charge in [0.15, 0.2) is 11.5 Å². The lowest BCUT2D eigenvalue weighted by atomic mass is 10.0. The third-order valence-electron chi connectivity index (χ3n) is 4.84. The van der Waals surface area contributed by atoms with Crippen LogP contribution in [-0.2, 0) is 0 Å². The van der Waals surface area contributed by atoms with Crippen molar-refractivity contribution in [2.75, 3.05) is 21.3 Å². The monoisotopic (exact) mass is 379 g/mol. The molecule has 0 unspecified atom stereocenters. The zero-order valence-electron chi connectivity index (χ0n) is 16.6. The molecule has 0 aliphatic heterocycles. The summed E-state index contributed by atoms with van der Waals surface area (Å²) in [5.74, 6) is 1.67. The molecule has 146 valence electrons. The van der Waals surface area contributed by atoms with Crippen molar-refractivity contribution < 1.29 is 19.0 Å². The Balaban J connectivity index is 1.91. The Labute approximate surface area is 165 Å². The van der Waals surface area contributed by atoms with Gasteiger partial charge in [0, 0.05) is 0 Å². The zero-order valence-corrected chi connectivity index (χ0v) is 16.6. The van der Waals surface area contributed by atoms with E-state index in [2.05, 4.69) is 5.32 Å². The molecule has 0 aliphatic carbocycles. The van der Waals surface area contributed by atoms with Gasteiger partial charge in [0.25, 0.3) is 5.91 Å². The molecular formula is C23H25NO4. The van der Waals surface area contributed by atoms with Crippen molar-refractivity contribution in [3.63, 3.8) is 0 Å². The van der Waals surface area contributed by atoms with Gasteiger partial charge in [0.05, 0.1) is 32.9 Å². The van der Waals surface area contributed by atoms with E-state index in [4.69, 9.17) is 14.2 Å². The lowest BCUT2D eigenvalue weighted by Gasteiger charge is -2.20. The van der Waals surface area contributed by atoms with Crippen LogP contribution in [0.15, 0.2) is 54.6 Å². The molecule has 1 amide bonds. The van der Waals surface area contributed by atoms with Gasteiger partial charge in [0.2, 0.25) is 0 Å². The largest absolute Gasteiger partial charge is 0.496 e. The van der Waals surface area contributed by atoms with E-state index >= 15 is 0 Å². The predicted octanol–water partition coefficient (Wildman–Crippen LogP) is 4.75. The second-order valence-electron chi connectivity index (χ2n) is 6.45. The minimum absolute atomic E-state index is 0.163. The van der Waals surface area contributed by atoms with Crippen molar-refractivity contribution in [3.8, 4) is 17.2 Å². The average molecular weight is 379 g/mol. The molecule has 5 nitrogen and oxygen atoms in total. The van der Waals surface area contributed by atoms with Crippen molar-refractivity contribution in [1.82, 2.24) is 5.32 Å². The maximum absolute atomic E-state index is 13.0. The molecule has 0 heterocycles. The molecule has 1 N–H and O–H groups in total. The number of nitrogens with one attached hydrogen (secondary N) is 1. The number of hydrogen-bond donors (Lipinski definition) is 1. The maximum atomic E-state index is 13.0. The summed E-state index contributed by atoms with van der Waals surface area (Å²) >= 11 is 0. The zero-order chi connectivity index (χ0) is 20.1. The number of rotatable bonds is 7. The average Bonchev–Trinajstić information content (AvgIpc) is 2.75. The first-order chi connectivity index (χ1) is 13.6. The van der Waals surface area contributed by atoms with Crippen molar-refractivity contribution in [2.24, 2.45) is 0 Å². The molecule has 5 heteroatoms. The Morgan fingerprint density at radius 1 is 0.857 bits per heavy atom. The van der Waals surface area contributed by atoms with Crippen LogP contribution in [-0.4, -0.2) is 27.2 Å². The van der Waals surface area contributed by atoms with Gasteiger partial charge in [-0.2, -0.15) is 0 Å². The topological polar surface area (TPSA) is 56.8 Å². The van der Waals surface area contributed by atoms with Crippen LogP contribution in [0, 0.1) is 0 Å². The van der Waals surface area contributed by atoms with Gasteiger partial charge in [-0.05, 0) is 47.0 Å². The van der Waals surface area contributed by atoms with Gasteiger partial charge in [-0.25, -0.2) is 0 Å². The lowest BCUT2D eigenvalue weighted by Crippen LogP contribution is -2.28. The van der Waals surface area contributed by atoms with Gasteiger partial charge in [-0.15, -0.1) is 0 Å². The predicted molar refractivity (Wildman–Crippen MR) is 111 cm³/mol. The van der Waals surface area contributed by atoms with Crippen molar-refractivity contribution >= 4 is 16.7 Å². The van der Waals surface area contributed by atoms with Crippen LogP contribution in [0.1, 0.15) is 35.3 Å². The van der Waals surface area contributed by atoms with Gasteiger partial charge < -0.3 is 19.5 Å². The number of fused-ring (bicyclic) bond motifs is 1. The highest BCUT2D eigenvalue weighted by Gasteiger charge is 2.19. The molecule has 3 aromatic carbocycles. The van der Waals surface area contributed by atoms with Gasteiger partial charge in [-0.1, -0.05) is 37.3 Å². The molecule has 0 saturated carbocycles. The Morgan fingerprint density at radius 2 is 1.50 bits per heavy atom. The van der Waals surface area contributed by atoms with Crippen LogP contribution in [0.2, 0.25) is 0 Å². The number of benzene rings is 3. The molecular weight excluding hydrogens is 354 g/mol. The number of ether oxygens (including phenoxy) is 3. The second kappa shape index (κ2) is 8.65. The van der Waals surface area contributed by atoms with E-state index in [1.54, 1.807) is 21.3 Å². The number of hydrogen-bond acceptors (Lipinski definition) is 4. The Bertz CT molecular complexity index is 983. The Morgan fingerprint density at radius 3 is 2.11 bits per heavy atom. The van der Waals surface area contributed by atoms with E-state index in [-0.39, 0.29) is 11.9 Å². The van der Waals surface area contributed by atoms with Crippen LogP contribution in [0.5, 0.6) is 17.2 Å². The summed E-state index contributed by atoms with van der Waals surface area (Å²) in [7, 11) is 4.77. The molecule has 0 spiro atoms. The van der Waals surface area contributed by atoms with Crippen LogP contribution in [0.4, 0.5) is 0 Å². The second-order valence-corrected chi connectivity index (χ2v) is 6.45. The number of carbonyl (C=O) groups excluding carboxylic acids is 1. The molecule has 0 fully saturated rings. The summed E-state index contributed by atoms with van der Waals surface area (Å²) in [5.41, 5.74) is 1.47. The Kier molecular flexibility index (Phi) is 6.04. The fourth-order valence-corrected chi connectivity index (χ4v) is 3.29. The highest BCUT2D eigenvalue weighted by Crippen LogP contribution is 2.32. The highest BCUT2D eigenvalue weighted by atomic mass is 16.5. The lowest BCUT2D eigenvalue weighted by molar-refractivity contribution is 0.0932. The molecule has 0 radical (unpaired) electrons. The van der Waals surface area contributed by atoms with Crippen molar-refractivity contribution in [1.29, 1.82) is 0 Å². The third-order valence-corrected chi connectivity index (χ3v) is 4.84. The van der Waals surface area contributed by atoms with Gasteiger partial charge in [0.1, 0.15) is 5.75 Å². The smallest absolute Gasteiger partial charge is 0.255 e. The Hall–Kier alpha value is -3.21. The third kappa shape index (κ3) is 3.88.